The maximum absolute atomic E-state index is 13.8. The Hall–Kier alpha value is -2.87. The van der Waals surface area contributed by atoms with Gasteiger partial charge in [0.15, 0.2) is 7.85 Å². The molecule has 1 rings (SSSR count). The van der Waals surface area contributed by atoms with Crippen molar-refractivity contribution in [3.63, 3.8) is 0 Å². The standard InChI is InChI=1S/C10H6B2FN5O6S2/c1-12-16-24-6(20)5(25)18-4(19)3(13)2-17(10(18)22)8(26)15-9(21)23-7(11)14/h2,14H,1H3,(H,15,21,26). The summed E-state index contributed by atoms with van der Waals surface area (Å²) in [5, 5.41) is 10.9. The molecule has 2 N–H and O–H groups in total. The van der Waals surface area contributed by atoms with Crippen LogP contribution in [0.1, 0.15) is 0 Å². The first kappa shape index (κ1) is 21.2. The number of ether oxygens (including phenoxy) is 1. The van der Waals surface area contributed by atoms with Crippen molar-refractivity contribution in [2.75, 3.05) is 0 Å². The molecule has 1 aromatic heterocycles. The van der Waals surface area contributed by atoms with E-state index in [1.165, 1.54) is 6.82 Å². The van der Waals surface area contributed by atoms with Crippen LogP contribution in [0, 0.1) is 11.2 Å². The van der Waals surface area contributed by atoms with Gasteiger partial charge in [-0.2, -0.15) is 0 Å². The molecule has 0 bridgehead atoms. The van der Waals surface area contributed by atoms with Gasteiger partial charge in [0.1, 0.15) is 0 Å². The summed E-state index contributed by atoms with van der Waals surface area (Å²) in [5.41, 5.74) is -2.94. The second-order valence-electron chi connectivity index (χ2n) is 4.00. The van der Waals surface area contributed by atoms with E-state index in [0.29, 0.717) is 6.20 Å². The topological polar surface area (TPSA) is 145 Å². The zero-order valence-electron chi connectivity index (χ0n) is 12.7. The Labute approximate surface area is 155 Å². The summed E-state index contributed by atoms with van der Waals surface area (Å²) in [4.78, 5) is 50.3. The summed E-state index contributed by atoms with van der Waals surface area (Å²) >= 11 is 9.31. The fraction of sp³-hybridized carbons (Fsp3) is 0.100. The molecule has 1 aromatic rings. The fourth-order valence-electron chi connectivity index (χ4n) is 1.35. The molecule has 0 atom stereocenters. The molecular weight excluding hydrogens is 391 g/mol. The first-order chi connectivity index (χ1) is 12.1. The molecule has 1 heterocycles. The predicted octanol–water partition coefficient (Wildman–Crippen LogP) is -1.32. The third-order valence-corrected chi connectivity index (χ3v) is 2.94. The molecule has 0 unspecified atom stereocenters. The molecule has 132 valence electrons. The number of nitrogens with one attached hydrogen (secondary N) is 2. The number of thiocarbonyl (C=S) groups is 2. The molecule has 26 heavy (non-hydrogen) atoms. The molecule has 0 aliphatic heterocycles. The van der Waals surface area contributed by atoms with Crippen LogP contribution in [0.2, 0.25) is 6.82 Å². The van der Waals surface area contributed by atoms with Gasteiger partial charge in [0.2, 0.25) is 0 Å². The van der Waals surface area contributed by atoms with Gasteiger partial charge < -0.3 is 0 Å². The first-order valence-electron chi connectivity index (χ1n) is 6.25. The number of carbonyl (C=O) groups excluding carboxylic acids is 2. The number of rotatable bonds is 1. The Morgan fingerprint density at radius 1 is 1.42 bits per heavy atom. The van der Waals surface area contributed by atoms with E-state index in [1.54, 1.807) is 5.32 Å². The van der Waals surface area contributed by atoms with Gasteiger partial charge in [-0.25, -0.2) is 0 Å². The van der Waals surface area contributed by atoms with Crippen LogP contribution in [-0.4, -0.2) is 52.0 Å². The van der Waals surface area contributed by atoms with Crippen molar-refractivity contribution in [3.8, 4) is 0 Å². The van der Waals surface area contributed by atoms with Crippen LogP contribution in [0.4, 0.5) is 9.18 Å². The summed E-state index contributed by atoms with van der Waals surface area (Å²) in [7, 11) is 5.90. The number of halogens is 1. The van der Waals surface area contributed by atoms with Gasteiger partial charge in [0.05, 0.1) is 0 Å². The van der Waals surface area contributed by atoms with Crippen LogP contribution in [-0.2, 0) is 14.4 Å². The molecule has 0 aliphatic carbocycles. The average Bonchev–Trinajstić information content (AvgIpc) is 2.54. The average molecular weight is 397 g/mol. The third kappa shape index (κ3) is 5.06. The molecule has 2 radical (unpaired) electrons. The Kier molecular flexibility index (Phi) is 7.33. The van der Waals surface area contributed by atoms with Gasteiger partial charge in [-0.3, -0.25) is 5.41 Å². The summed E-state index contributed by atoms with van der Waals surface area (Å²) in [6, 6.07) is 0. The number of alkyl carbamates (subject to hydrolysis) is 1. The van der Waals surface area contributed by atoms with Crippen molar-refractivity contribution < 1.29 is 23.6 Å². The van der Waals surface area contributed by atoms with Crippen LogP contribution in [0.5, 0.6) is 0 Å². The van der Waals surface area contributed by atoms with Crippen LogP contribution >= 0.6 is 24.4 Å². The number of nitrogens with zero attached hydrogens (tertiary/aromatic N) is 3. The number of aromatic nitrogens is 2. The molecule has 1 amide bonds. The van der Waals surface area contributed by atoms with Crippen molar-refractivity contribution in [3.05, 3.63) is 32.9 Å². The first-order valence-corrected chi connectivity index (χ1v) is 7.06. The Balaban J connectivity index is 3.34. The summed E-state index contributed by atoms with van der Waals surface area (Å²) in [6.07, 6.45) is -0.998. The van der Waals surface area contributed by atoms with Crippen molar-refractivity contribution in [2.24, 2.45) is 5.06 Å². The van der Waals surface area contributed by atoms with Crippen molar-refractivity contribution >= 4 is 67.3 Å². The van der Waals surface area contributed by atoms with Crippen molar-refractivity contribution in [1.29, 1.82) is 5.41 Å². The minimum atomic E-state index is -1.55. The zero-order chi connectivity index (χ0) is 20.0. The van der Waals surface area contributed by atoms with E-state index >= 15 is 0 Å². The number of hydrogen-bond donors (Lipinski definition) is 2. The maximum atomic E-state index is 13.8. The van der Waals surface area contributed by atoms with Gasteiger partial charge in [-0.15, -0.1) is 0 Å². The Bertz CT molecular complexity index is 958. The van der Waals surface area contributed by atoms with Crippen molar-refractivity contribution in [2.45, 2.75) is 6.82 Å². The van der Waals surface area contributed by atoms with Gasteiger partial charge in [-0.1, -0.05) is 0 Å². The number of hydrogen-bond acceptors (Lipinski definition) is 10. The molecular formula is C10H6B2FN5O6S2. The predicted molar refractivity (Wildman–Crippen MR) is 94.1 cm³/mol. The van der Waals surface area contributed by atoms with Gasteiger partial charge in [0.25, 0.3) is 0 Å². The summed E-state index contributed by atoms with van der Waals surface area (Å²) < 4.78 is 18.2. The quantitative estimate of drug-likeness (QED) is 0.195. The van der Waals surface area contributed by atoms with Gasteiger partial charge in [0, 0.05) is 0 Å². The summed E-state index contributed by atoms with van der Waals surface area (Å²) in [5.74, 6) is -3.89. The van der Waals surface area contributed by atoms with E-state index in [-0.39, 0.29) is 9.13 Å². The molecule has 0 aromatic carbocycles. The molecule has 0 saturated carbocycles. The second kappa shape index (κ2) is 9.00. The minimum absolute atomic E-state index is 0.0392. The third-order valence-electron chi connectivity index (χ3n) is 2.30. The normalized spacial score (nSPS) is 9.92. The Morgan fingerprint density at radius 2 is 2.04 bits per heavy atom. The van der Waals surface area contributed by atoms with Crippen LogP contribution in [0.25, 0.3) is 0 Å². The van der Waals surface area contributed by atoms with E-state index < -0.39 is 45.0 Å². The number of carbonyl (C=O) groups is 2. The SMILES string of the molecule is [B]C(=N)OC(=O)NC(=S)n1cc(F)c(=O)n(C(=S)C(=O)ON=BC)c1=O. The molecule has 0 saturated heterocycles. The second-order valence-corrected chi connectivity index (χ2v) is 4.78. The molecule has 16 heteroatoms. The molecule has 0 fully saturated rings. The van der Waals surface area contributed by atoms with E-state index in [0.717, 1.165) is 7.07 Å². The Morgan fingerprint density at radius 3 is 2.58 bits per heavy atom. The van der Waals surface area contributed by atoms with E-state index in [1.807, 2.05) is 0 Å². The zero-order valence-corrected chi connectivity index (χ0v) is 14.4. The number of amides is 1. The molecule has 0 aliphatic rings. The molecule has 0 spiro atoms. The van der Waals surface area contributed by atoms with Crippen LogP contribution in [0.3, 0.4) is 0 Å². The van der Waals surface area contributed by atoms with E-state index in [4.69, 9.17) is 25.5 Å². The van der Waals surface area contributed by atoms with E-state index in [2.05, 4.69) is 26.9 Å². The van der Waals surface area contributed by atoms with Gasteiger partial charge >= 0.3 is 142 Å². The van der Waals surface area contributed by atoms with E-state index in [9.17, 15) is 23.6 Å². The van der Waals surface area contributed by atoms with Crippen LogP contribution < -0.4 is 16.6 Å². The summed E-state index contributed by atoms with van der Waals surface area (Å²) in [6.45, 7) is 1.40. The fourth-order valence-corrected chi connectivity index (χ4v) is 1.77. The van der Waals surface area contributed by atoms with Gasteiger partial charge in [-0.05, 0) is 0 Å². The van der Waals surface area contributed by atoms with Crippen LogP contribution in [0.15, 0.2) is 20.8 Å². The monoisotopic (exact) mass is 397 g/mol. The van der Waals surface area contributed by atoms with Crippen molar-refractivity contribution in [1.82, 2.24) is 14.5 Å². The molecule has 11 nitrogen and oxygen atoms in total.